The van der Waals surface area contributed by atoms with Gasteiger partial charge < -0.3 is 30.5 Å². The van der Waals surface area contributed by atoms with Crippen LogP contribution in [0.1, 0.15) is 53.3 Å². The summed E-state index contributed by atoms with van der Waals surface area (Å²) in [7, 11) is 0. The predicted octanol–water partition coefficient (Wildman–Crippen LogP) is 3.49. The van der Waals surface area contributed by atoms with E-state index in [4.69, 9.17) is 5.11 Å². The van der Waals surface area contributed by atoms with Crippen molar-refractivity contribution in [2.24, 2.45) is 0 Å². The molecule has 0 spiro atoms. The number of fused-ring (bicyclic) bond motifs is 1. The molecular weight excluding hydrogens is 514 g/mol. The summed E-state index contributed by atoms with van der Waals surface area (Å²) >= 11 is 0. The molecule has 2 heterocycles. The molecule has 1 aromatic heterocycles. The first kappa shape index (κ1) is 28.3. The van der Waals surface area contributed by atoms with Crippen molar-refractivity contribution in [1.29, 1.82) is 0 Å². The maximum absolute atomic E-state index is 13.3. The number of carbonyl (C=O) groups excluding carboxylic acids is 4. The van der Waals surface area contributed by atoms with Gasteiger partial charge in [0.25, 0.3) is 17.6 Å². The molecule has 3 aromatic rings. The van der Waals surface area contributed by atoms with Gasteiger partial charge in [-0.05, 0) is 38.0 Å². The van der Waals surface area contributed by atoms with Crippen molar-refractivity contribution in [2.75, 3.05) is 31.5 Å². The zero-order chi connectivity index (χ0) is 28.6. The number of aliphatic carboxylic acids is 1. The third-order valence-corrected chi connectivity index (χ3v) is 6.95. The van der Waals surface area contributed by atoms with Crippen LogP contribution in [0.15, 0.2) is 54.7 Å². The Morgan fingerprint density at radius 3 is 2.48 bits per heavy atom. The number of carbonyl (C=O) groups is 5. The van der Waals surface area contributed by atoms with Crippen molar-refractivity contribution in [3.8, 4) is 0 Å². The number of piperazine rings is 1. The van der Waals surface area contributed by atoms with Crippen LogP contribution in [-0.2, 0) is 9.59 Å². The van der Waals surface area contributed by atoms with Crippen LogP contribution in [0.2, 0.25) is 0 Å². The summed E-state index contributed by atoms with van der Waals surface area (Å²) in [5.41, 5.74) is 1.76. The zero-order valence-electron chi connectivity index (χ0n) is 22.3. The fourth-order valence-corrected chi connectivity index (χ4v) is 4.85. The number of carboxylic acids is 1. The van der Waals surface area contributed by atoms with Gasteiger partial charge in [-0.3, -0.25) is 19.2 Å². The Morgan fingerprint density at radius 2 is 1.75 bits per heavy atom. The number of Topliss-reactive ketones (excluding diaryl/α,β-unsaturated/α-hetero) is 1. The lowest BCUT2D eigenvalue weighted by molar-refractivity contribution is -0.137. The molecule has 2 aromatic carbocycles. The van der Waals surface area contributed by atoms with Gasteiger partial charge in [-0.15, -0.1) is 0 Å². The van der Waals surface area contributed by atoms with E-state index in [1.807, 2.05) is 13.0 Å². The number of nitrogens with one attached hydrogen (secondary N) is 3. The third-order valence-electron chi connectivity index (χ3n) is 6.95. The van der Waals surface area contributed by atoms with E-state index in [0.717, 1.165) is 0 Å². The van der Waals surface area contributed by atoms with E-state index in [2.05, 4.69) is 15.6 Å². The highest BCUT2D eigenvalue weighted by Crippen LogP contribution is 2.27. The Labute approximate surface area is 231 Å². The number of nitrogens with zero attached hydrogens (tertiary/aromatic N) is 2. The molecule has 1 aliphatic rings. The number of H-pyrrole nitrogens is 1. The van der Waals surface area contributed by atoms with E-state index in [0.29, 0.717) is 61.1 Å². The van der Waals surface area contributed by atoms with Gasteiger partial charge in [0.05, 0.1) is 16.8 Å². The molecule has 0 unspecified atom stereocenters. The van der Waals surface area contributed by atoms with Crippen molar-refractivity contribution in [3.05, 3.63) is 65.9 Å². The minimum atomic E-state index is -0.836. The number of carboxylic acid groups (broad SMARTS) is 1. The van der Waals surface area contributed by atoms with E-state index in [1.54, 1.807) is 47.4 Å². The second kappa shape index (κ2) is 12.9. The number of unbranched alkanes of at least 4 members (excludes halogenated alkanes) is 2. The summed E-state index contributed by atoms with van der Waals surface area (Å²) in [6.07, 6.45) is 3.47. The van der Waals surface area contributed by atoms with Crippen molar-refractivity contribution >= 4 is 46.2 Å². The van der Waals surface area contributed by atoms with E-state index >= 15 is 0 Å². The molecule has 1 saturated heterocycles. The van der Waals surface area contributed by atoms with Crippen LogP contribution in [0.5, 0.6) is 0 Å². The number of amides is 4. The molecule has 4 rings (SSSR count). The Hall–Kier alpha value is -4.67. The molecular formula is C29H33N5O6. The van der Waals surface area contributed by atoms with Crippen molar-refractivity contribution in [1.82, 2.24) is 20.1 Å². The predicted molar refractivity (Wildman–Crippen MR) is 149 cm³/mol. The first-order valence-corrected chi connectivity index (χ1v) is 13.3. The van der Waals surface area contributed by atoms with Gasteiger partial charge in [0, 0.05) is 55.8 Å². The van der Waals surface area contributed by atoms with Crippen LogP contribution in [-0.4, -0.2) is 81.7 Å². The Balaban J connectivity index is 1.36. The summed E-state index contributed by atoms with van der Waals surface area (Å²) in [5.74, 6) is -2.25. The zero-order valence-corrected chi connectivity index (χ0v) is 22.3. The summed E-state index contributed by atoms with van der Waals surface area (Å²) in [5, 5.41) is 14.7. The lowest BCUT2D eigenvalue weighted by Gasteiger charge is -2.39. The van der Waals surface area contributed by atoms with Gasteiger partial charge in [-0.25, -0.2) is 4.79 Å². The van der Waals surface area contributed by atoms with E-state index in [9.17, 15) is 24.0 Å². The van der Waals surface area contributed by atoms with Gasteiger partial charge in [0.1, 0.15) is 0 Å². The fraction of sp³-hybridized carbons (Fsp3) is 0.345. The van der Waals surface area contributed by atoms with Gasteiger partial charge in [0.15, 0.2) is 0 Å². The number of hydrogen-bond acceptors (Lipinski definition) is 5. The summed E-state index contributed by atoms with van der Waals surface area (Å²) in [6.45, 7) is 3.11. The maximum Gasteiger partial charge on any atom is 0.319 e. The lowest BCUT2D eigenvalue weighted by atomic mass is 10.1. The molecule has 40 heavy (non-hydrogen) atoms. The number of benzene rings is 2. The van der Waals surface area contributed by atoms with Crippen LogP contribution in [0, 0.1) is 0 Å². The van der Waals surface area contributed by atoms with E-state index in [1.165, 1.54) is 11.1 Å². The second-order valence-electron chi connectivity index (χ2n) is 9.81. The molecule has 11 heteroatoms. The maximum atomic E-state index is 13.3. The second-order valence-corrected chi connectivity index (χ2v) is 9.81. The minimum absolute atomic E-state index is 0.105. The number of anilines is 1. The standard InChI is InChI=1S/C29H33N5O6/c1-19-18-33(27(38)20-9-4-2-5-10-20)15-16-34(19)28(39)26(37)22-17-31-25-21(22)11-8-12-23(25)32-29(40)30-14-7-3-6-13-24(35)36/h2,4-5,8-12,17,19,31H,3,6-7,13-16,18H2,1H3,(H,35,36)(H2,30,32,40)/t19-/m1/s1. The SMILES string of the molecule is C[C@@H]1CN(C(=O)c2ccccc2)CCN1C(=O)C(=O)c1c[nH]c2c(NC(=O)NCCCCCC(=O)O)cccc12. The summed E-state index contributed by atoms with van der Waals surface area (Å²) in [6, 6.07) is 13.3. The molecule has 1 fully saturated rings. The third kappa shape index (κ3) is 6.66. The molecule has 0 saturated carbocycles. The molecule has 11 nitrogen and oxygen atoms in total. The Bertz CT molecular complexity index is 1400. The van der Waals surface area contributed by atoms with Crippen LogP contribution in [0.3, 0.4) is 0 Å². The average molecular weight is 548 g/mol. The van der Waals surface area contributed by atoms with Crippen LogP contribution < -0.4 is 10.6 Å². The number of ketones is 1. The molecule has 1 aliphatic heterocycles. The highest BCUT2D eigenvalue weighted by atomic mass is 16.4. The smallest absolute Gasteiger partial charge is 0.319 e. The normalized spacial score (nSPS) is 15.1. The average Bonchev–Trinajstić information content (AvgIpc) is 3.39. The van der Waals surface area contributed by atoms with Crippen LogP contribution in [0.25, 0.3) is 10.9 Å². The summed E-state index contributed by atoms with van der Waals surface area (Å²) in [4.78, 5) is 68.5. The first-order chi connectivity index (χ1) is 19.3. The Morgan fingerprint density at radius 1 is 0.975 bits per heavy atom. The first-order valence-electron chi connectivity index (χ1n) is 13.3. The molecule has 0 bridgehead atoms. The number of aromatic nitrogens is 1. The molecule has 0 radical (unpaired) electrons. The molecule has 4 N–H and O–H groups in total. The van der Waals surface area contributed by atoms with E-state index in [-0.39, 0.29) is 30.5 Å². The number of urea groups is 1. The van der Waals surface area contributed by atoms with Crippen molar-refractivity contribution < 1.29 is 29.1 Å². The molecule has 4 amide bonds. The monoisotopic (exact) mass is 547 g/mol. The van der Waals surface area contributed by atoms with Gasteiger partial charge in [-0.1, -0.05) is 36.8 Å². The lowest BCUT2D eigenvalue weighted by Crippen LogP contribution is -2.56. The quantitative estimate of drug-likeness (QED) is 0.173. The van der Waals surface area contributed by atoms with Gasteiger partial charge >= 0.3 is 12.0 Å². The van der Waals surface area contributed by atoms with Gasteiger partial charge in [-0.2, -0.15) is 0 Å². The van der Waals surface area contributed by atoms with Crippen LogP contribution >= 0.6 is 0 Å². The molecule has 0 aliphatic carbocycles. The minimum Gasteiger partial charge on any atom is -0.481 e. The summed E-state index contributed by atoms with van der Waals surface area (Å²) < 4.78 is 0. The molecule has 1 atom stereocenters. The highest BCUT2D eigenvalue weighted by molar-refractivity contribution is 6.45. The van der Waals surface area contributed by atoms with E-state index < -0.39 is 23.7 Å². The van der Waals surface area contributed by atoms with Crippen molar-refractivity contribution in [2.45, 2.75) is 38.6 Å². The Kier molecular flexibility index (Phi) is 9.15. The fourth-order valence-electron chi connectivity index (χ4n) is 4.85. The number of hydrogen-bond donors (Lipinski definition) is 4. The van der Waals surface area contributed by atoms with Crippen LogP contribution in [0.4, 0.5) is 10.5 Å². The molecule has 210 valence electrons. The van der Waals surface area contributed by atoms with Gasteiger partial charge in [0.2, 0.25) is 0 Å². The number of para-hydroxylation sites is 1. The highest BCUT2D eigenvalue weighted by Gasteiger charge is 2.34. The van der Waals surface area contributed by atoms with Crippen molar-refractivity contribution in [3.63, 3.8) is 0 Å². The topological polar surface area (TPSA) is 152 Å². The largest absolute Gasteiger partial charge is 0.481 e. The number of aromatic amines is 1. The number of rotatable bonds is 10.